The monoisotopic (exact) mass is 987 g/mol. The Bertz CT molecular complexity index is 2590. The van der Waals surface area contributed by atoms with Crippen LogP contribution in [0.15, 0.2) is 117 Å². The van der Waals surface area contributed by atoms with Crippen molar-refractivity contribution < 1.29 is 39.9 Å². The third-order valence-corrected chi connectivity index (χ3v) is 17.0. The number of sulfonamides is 1. The molecule has 2 fully saturated rings. The topological polar surface area (TPSA) is 139 Å². The fourth-order valence-electron chi connectivity index (χ4n) is 8.93. The lowest BCUT2D eigenvalue weighted by Crippen LogP contribution is -2.47. The highest BCUT2D eigenvalue weighted by Gasteiger charge is 2.48. The first-order valence-electron chi connectivity index (χ1n) is 22.1. The van der Waals surface area contributed by atoms with E-state index in [4.69, 9.17) is 11.6 Å². The highest BCUT2D eigenvalue weighted by molar-refractivity contribution is 7.99. The highest BCUT2D eigenvalue weighted by atomic mass is 35.5. The molecule has 0 spiro atoms. The minimum absolute atomic E-state index is 0.0112. The number of halogens is 4. The summed E-state index contributed by atoms with van der Waals surface area (Å²) in [6.07, 6.45) is 3.59. The van der Waals surface area contributed by atoms with Crippen LogP contribution in [0, 0.1) is 5.41 Å². The van der Waals surface area contributed by atoms with E-state index in [0.717, 1.165) is 74.7 Å². The number of benzene rings is 4. The molecule has 0 aromatic heterocycles. The van der Waals surface area contributed by atoms with Gasteiger partial charge in [0.1, 0.15) is 4.90 Å². The van der Waals surface area contributed by atoms with Crippen LogP contribution in [-0.4, -0.2) is 113 Å². The lowest BCUT2D eigenvalue weighted by molar-refractivity contribution is -0.0435. The van der Waals surface area contributed by atoms with Crippen LogP contribution in [0.5, 0.6) is 0 Å². The van der Waals surface area contributed by atoms with E-state index in [9.17, 15) is 39.9 Å². The second-order valence-electron chi connectivity index (χ2n) is 18.3. The van der Waals surface area contributed by atoms with Gasteiger partial charge in [0.25, 0.3) is 25.8 Å². The van der Waals surface area contributed by atoms with Crippen molar-refractivity contribution in [1.29, 1.82) is 0 Å². The first kappa shape index (κ1) is 49.8. The highest BCUT2D eigenvalue weighted by Crippen LogP contribution is 2.43. The Morgan fingerprint density at radius 1 is 0.939 bits per heavy atom. The van der Waals surface area contributed by atoms with Gasteiger partial charge in [0, 0.05) is 84.8 Å². The number of nitrogens with one attached hydrogen (secondary N) is 2. The second kappa shape index (κ2) is 20.6. The van der Waals surface area contributed by atoms with Crippen LogP contribution >= 0.6 is 23.4 Å². The molecule has 0 bridgehead atoms. The molecule has 0 radical (unpaired) electrons. The normalized spacial score (nSPS) is 20.3. The van der Waals surface area contributed by atoms with Gasteiger partial charge in [0.2, 0.25) is 0 Å². The van der Waals surface area contributed by atoms with Gasteiger partial charge >= 0.3 is 5.51 Å². The SMILES string of the molecule is CC1CC(O)CN1CC[C@H](CSc1ccccc1)Nc1ccc(S(=O)(=O)NC(=O)c2ccc(N3CCN(CC4=C(c5ccc(Cl)cc5)CC(C)(C)CC4)CC3)cc2)cc1S(=O)(=O)C(F)(F)F. The smallest absolute Gasteiger partial charge is 0.392 e. The molecule has 1 aliphatic carbocycles. The molecule has 2 aliphatic heterocycles. The number of likely N-dealkylation sites (tertiary alicyclic amines) is 1. The van der Waals surface area contributed by atoms with Crippen LogP contribution in [0.3, 0.4) is 0 Å². The first-order valence-corrected chi connectivity index (χ1v) is 26.4. The Labute approximate surface area is 395 Å². The number of carbonyl (C=O) groups excluding carboxylic acids is 1. The number of hydrogen-bond donors (Lipinski definition) is 3. The number of piperazine rings is 1. The van der Waals surface area contributed by atoms with Gasteiger partial charge in [-0.25, -0.2) is 21.6 Å². The number of allylic oxidation sites excluding steroid dienone is 1. The van der Waals surface area contributed by atoms with Crippen LogP contribution in [0.25, 0.3) is 5.57 Å². The van der Waals surface area contributed by atoms with E-state index < -0.39 is 58.9 Å². The van der Waals surface area contributed by atoms with Gasteiger partial charge in [-0.3, -0.25) is 14.6 Å². The molecule has 66 heavy (non-hydrogen) atoms. The lowest BCUT2D eigenvalue weighted by Gasteiger charge is -2.39. The molecule has 2 saturated heterocycles. The summed E-state index contributed by atoms with van der Waals surface area (Å²) < 4.78 is 97.9. The third-order valence-electron chi connectivity index (χ3n) is 12.7. The van der Waals surface area contributed by atoms with Crippen molar-refractivity contribution in [2.75, 3.05) is 61.8 Å². The van der Waals surface area contributed by atoms with Crippen LogP contribution in [0.2, 0.25) is 5.02 Å². The van der Waals surface area contributed by atoms with E-state index in [2.05, 4.69) is 46.0 Å². The minimum atomic E-state index is -6.08. The number of β-amino-alcohol motifs (C(OH)–C–C–N with tert-alkyl or cyclic N) is 1. The van der Waals surface area contributed by atoms with Crippen LogP contribution in [-0.2, 0) is 19.9 Å². The fourth-order valence-corrected chi connectivity index (χ4v) is 12.1. The number of rotatable bonds is 16. The fraction of sp³-hybridized carbons (Fsp3) is 0.438. The Hall–Kier alpha value is -4.10. The Kier molecular flexibility index (Phi) is 15.6. The molecule has 1 amide bonds. The molecule has 2 unspecified atom stereocenters. The molecule has 3 N–H and O–H groups in total. The van der Waals surface area contributed by atoms with Crippen molar-refractivity contribution in [3.05, 3.63) is 119 Å². The van der Waals surface area contributed by atoms with E-state index in [1.54, 1.807) is 12.1 Å². The molecule has 4 aromatic rings. The molecule has 0 saturated carbocycles. The number of nitrogens with zero attached hydrogens (tertiary/aromatic N) is 3. The van der Waals surface area contributed by atoms with Crippen LogP contribution in [0.4, 0.5) is 24.5 Å². The van der Waals surface area contributed by atoms with E-state index >= 15 is 0 Å². The number of sulfone groups is 1. The van der Waals surface area contributed by atoms with Gasteiger partial charge < -0.3 is 15.3 Å². The summed E-state index contributed by atoms with van der Waals surface area (Å²) in [7, 11) is -10.9. The quantitative estimate of drug-likeness (QED) is 0.0928. The van der Waals surface area contributed by atoms with Crippen LogP contribution in [0.1, 0.15) is 68.8 Å². The largest absolute Gasteiger partial charge is 0.501 e. The number of aliphatic hydroxyl groups is 1. The van der Waals surface area contributed by atoms with Crippen molar-refractivity contribution >= 4 is 66.1 Å². The second-order valence-corrected chi connectivity index (χ2v) is 23.4. The van der Waals surface area contributed by atoms with E-state index in [1.165, 1.54) is 40.6 Å². The molecular weight excluding hydrogens is 931 g/mol. The molecule has 3 atom stereocenters. The van der Waals surface area contributed by atoms with Gasteiger partial charge in [-0.2, -0.15) is 13.2 Å². The summed E-state index contributed by atoms with van der Waals surface area (Å²) in [4.78, 5) is 18.8. The summed E-state index contributed by atoms with van der Waals surface area (Å²) in [5.41, 5.74) is -1.10. The summed E-state index contributed by atoms with van der Waals surface area (Å²) in [6.45, 7) is 11.5. The number of carbonyl (C=O) groups is 1. The maximum Gasteiger partial charge on any atom is 0.501 e. The predicted molar refractivity (Wildman–Crippen MR) is 256 cm³/mol. The third kappa shape index (κ3) is 12.3. The Morgan fingerprint density at radius 3 is 2.26 bits per heavy atom. The van der Waals surface area contributed by atoms with Gasteiger partial charge in [-0.1, -0.05) is 61.4 Å². The maximum absolute atomic E-state index is 14.2. The number of anilines is 2. The van der Waals surface area contributed by atoms with E-state index in [-0.39, 0.29) is 17.0 Å². The molecule has 7 rings (SSSR count). The van der Waals surface area contributed by atoms with Crippen molar-refractivity contribution in [3.63, 3.8) is 0 Å². The van der Waals surface area contributed by atoms with Gasteiger partial charge in [-0.05, 0) is 122 Å². The lowest BCUT2D eigenvalue weighted by atomic mass is 9.72. The van der Waals surface area contributed by atoms with E-state index in [1.807, 2.05) is 54.1 Å². The van der Waals surface area contributed by atoms with Crippen LogP contribution < -0.4 is 14.9 Å². The number of thioether (sulfide) groups is 1. The van der Waals surface area contributed by atoms with Crippen molar-refractivity contribution in [2.45, 2.75) is 91.3 Å². The average Bonchev–Trinajstić information content (AvgIpc) is 3.61. The Morgan fingerprint density at radius 2 is 1.62 bits per heavy atom. The molecule has 356 valence electrons. The standard InChI is InChI=1S/C48H57ClF3N5O6S3/c1-33-27-40(58)31-57(33)22-20-38(32-64-41-7-5-4-6-8-41)53-44-18-17-42(28-45(44)65(60,61)48(50,51)52)66(62,63)54-46(59)35-11-15-39(16-12-35)56-25-23-55(24-26-56)30-36-19-21-47(2,3)29-43(36)34-9-13-37(49)14-10-34/h4-18,28,33,38,40,53,58H,19-27,29-32H2,1-3H3,(H,54,59)/t33?,38-,40?/m1/s1. The van der Waals surface area contributed by atoms with E-state index in [0.29, 0.717) is 42.8 Å². The summed E-state index contributed by atoms with van der Waals surface area (Å²) in [5, 5.41) is 13.9. The number of alkyl halides is 3. The van der Waals surface area contributed by atoms with Crippen molar-refractivity contribution in [2.24, 2.45) is 5.41 Å². The predicted octanol–water partition coefficient (Wildman–Crippen LogP) is 8.96. The average molecular weight is 989 g/mol. The van der Waals surface area contributed by atoms with Gasteiger partial charge in [0.05, 0.1) is 16.7 Å². The molecule has 18 heteroatoms. The molecular formula is C48H57ClF3N5O6S3. The minimum Gasteiger partial charge on any atom is -0.392 e. The summed E-state index contributed by atoms with van der Waals surface area (Å²) >= 11 is 7.62. The summed E-state index contributed by atoms with van der Waals surface area (Å²) in [6, 6.07) is 25.6. The number of aliphatic hydroxyl groups excluding tert-OH is 1. The Balaban J connectivity index is 1.02. The van der Waals surface area contributed by atoms with Crippen molar-refractivity contribution in [1.82, 2.24) is 14.5 Å². The summed E-state index contributed by atoms with van der Waals surface area (Å²) in [5.74, 6) is -0.705. The first-order chi connectivity index (χ1) is 31.2. The zero-order valence-corrected chi connectivity index (χ0v) is 40.4. The van der Waals surface area contributed by atoms with Crippen molar-refractivity contribution in [3.8, 4) is 0 Å². The molecule has 11 nitrogen and oxygen atoms in total. The number of hydrogen-bond acceptors (Lipinski definition) is 11. The van der Waals surface area contributed by atoms with Gasteiger partial charge in [0.15, 0.2) is 0 Å². The molecule has 3 aliphatic rings. The molecule has 4 aromatic carbocycles. The number of amides is 1. The molecule has 2 heterocycles. The maximum atomic E-state index is 14.2. The zero-order chi connectivity index (χ0) is 47.4. The zero-order valence-electron chi connectivity index (χ0n) is 37.2. The van der Waals surface area contributed by atoms with Gasteiger partial charge in [-0.15, -0.1) is 11.8 Å².